The minimum absolute atomic E-state index is 0.856. The molecule has 0 rings (SSSR count). The number of nitrogens with one attached hydrogen (secondary N) is 1. The molecule has 68 valence electrons. The largest absolute Gasteiger partial charge is 0.259 e. The van der Waals surface area contributed by atoms with Crippen LogP contribution in [0, 0.1) is 5.92 Å². The summed E-state index contributed by atoms with van der Waals surface area (Å²) in [7, 11) is 4.04. The molecular weight excluding hydrogens is 136 g/mol. The smallest absolute Gasteiger partial charge is 0.0127 e. The first kappa shape index (κ1) is 10.9. The topological polar surface area (TPSA) is 15.3 Å². The van der Waals surface area contributed by atoms with E-state index in [0.717, 1.165) is 12.5 Å². The van der Waals surface area contributed by atoms with Crippen LogP contribution in [0.1, 0.15) is 33.1 Å². The van der Waals surface area contributed by atoms with Crippen LogP contribution >= 0.6 is 0 Å². The van der Waals surface area contributed by atoms with Gasteiger partial charge < -0.3 is 0 Å². The Labute approximate surface area is 70.9 Å². The van der Waals surface area contributed by atoms with Gasteiger partial charge in [-0.25, -0.2) is 5.01 Å². The lowest BCUT2D eigenvalue weighted by Crippen LogP contribution is -2.31. The van der Waals surface area contributed by atoms with Gasteiger partial charge in [-0.05, 0) is 19.4 Å². The normalized spacial score (nSPS) is 11.5. The van der Waals surface area contributed by atoms with Crippen molar-refractivity contribution in [3.05, 3.63) is 0 Å². The molecule has 11 heavy (non-hydrogen) atoms. The third-order valence-corrected chi connectivity index (χ3v) is 1.91. The molecule has 0 aromatic rings. The van der Waals surface area contributed by atoms with Gasteiger partial charge in [-0.2, -0.15) is 0 Å². The fraction of sp³-hybridized carbons (Fsp3) is 1.00. The Kier molecular flexibility index (Phi) is 6.57. The molecule has 0 amide bonds. The Bertz CT molecular complexity index is 81.6. The van der Waals surface area contributed by atoms with Gasteiger partial charge in [-0.1, -0.05) is 26.7 Å². The van der Waals surface area contributed by atoms with Crippen LogP contribution in [-0.4, -0.2) is 25.6 Å². The van der Waals surface area contributed by atoms with Crippen LogP contribution in [-0.2, 0) is 0 Å². The van der Waals surface area contributed by atoms with E-state index in [1.807, 2.05) is 7.05 Å². The fourth-order valence-electron chi connectivity index (χ4n) is 1.01. The number of nitrogens with zero attached hydrogens (tertiary/aromatic N) is 1. The molecule has 0 heterocycles. The SMILES string of the molecule is CNN(C)CCCCC(C)C. The highest BCUT2D eigenvalue weighted by molar-refractivity contribution is 4.48. The van der Waals surface area contributed by atoms with Gasteiger partial charge in [0, 0.05) is 13.6 Å². The van der Waals surface area contributed by atoms with Crippen molar-refractivity contribution in [2.24, 2.45) is 5.92 Å². The Hall–Kier alpha value is -0.0800. The molecule has 0 aliphatic rings. The van der Waals surface area contributed by atoms with E-state index in [0.29, 0.717) is 0 Å². The van der Waals surface area contributed by atoms with Crippen LogP contribution in [0.2, 0.25) is 0 Å². The van der Waals surface area contributed by atoms with E-state index in [-0.39, 0.29) is 0 Å². The summed E-state index contributed by atoms with van der Waals surface area (Å²) in [4.78, 5) is 0. The lowest BCUT2D eigenvalue weighted by Gasteiger charge is -2.14. The molecule has 0 aliphatic carbocycles. The summed E-state index contributed by atoms with van der Waals surface area (Å²) in [5, 5.41) is 2.13. The minimum Gasteiger partial charge on any atom is -0.259 e. The van der Waals surface area contributed by atoms with Crippen LogP contribution in [0.4, 0.5) is 0 Å². The lowest BCUT2D eigenvalue weighted by atomic mass is 10.1. The Balaban J connectivity index is 3.01. The molecule has 1 N–H and O–H groups in total. The van der Waals surface area contributed by atoms with E-state index in [1.54, 1.807) is 0 Å². The van der Waals surface area contributed by atoms with Gasteiger partial charge in [0.2, 0.25) is 0 Å². The van der Waals surface area contributed by atoms with E-state index >= 15 is 0 Å². The van der Waals surface area contributed by atoms with Gasteiger partial charge >= 0.3 is 0 Å². The van der Waals surface area contributed by atoms with Gasteiger partial charge in [0.1, 0.15) is 0 Å². The van der Waals surface area contributed by atoms with E-state index in [4.69, 9.17) is 0 Å². The first-order valence-electron chi connectivity index (χ1n) is 4.55. The van der Waals surface area contributed by atoms with Crippen molar-refractivity contribution in [1.29, 1.82) is 0 Å². The third kappa shape index (κ3) is 7.82. The van der Waals surface area contributed by atoms with Crippen molar-refractivity contribution in [2.45, 2.75) is 33.1 Å². The average Bonchev–Trinajstić information content (AvgIpc) is 1.97. The molecule has 2 nitrogen and oxygen atoms in total. The van der Waals surface area contributed by atoms with Crippen LogP contribution in [0.15, 0.2) is 0 Å². The lowest BCUT2D eigenvalue weighted by molar-refractivity contribution is 0.252. The van der Waals surface area contributed by atoms with E-state index in [1.165, 1.54) is 19.3 Å². The molecule has 0 bridgehead atoms. The highest BCUT2D eigenvalue weighted by Crippen LogP contribution is 2.05. The number of hydrogen-bond donors (Lipinski definition) is 1. The van der Waals surface area contributed by atoms with E-state index in [9.17, 15) is 0 Å². The summed E-state index contributed by atoms with van der Waals surface area (Å²) in [5.41, 5.74) is 3.09. The summed E-state index contributed by atoms with van der Waals surface area (Å²) in [6.07, 6.45) is 4.01. The second kappa shape index (κ2) is 6.62. The Morgan fingerprint density at radius 2 is 1.91 bits per heavy atom. The molecular formula is C9H22N2. The first-order chi connectivity index (χ1) is 5.16. The van der Waals surface area contributed by atoms with Gasteiger partial charge in [0.15, 0.2) is 0 Å². The summed E-state index contributed by atoms with van der Waals surface area (Å²) in [5.74, 6) is 0.856. The molecule has 0 aromatic heterocycles. The maximum Gasteiger partial charge on any atom is 0.0127 e. The molecule has 0 unspecified atom stereocenters. The number of unbranched alkanes of at least 4 members (excludes halogenated alkanes) is 1. The standard InChI is InChI=1S/C9H22N2/c1-9(2)7-5-6-8-11(4)10-3/h9-10H,5-8H2,1-4H3. The first-order valence-corrected chi connectivity index (χ1v) is 4.55. The minimum atomic E-state index is 0.856. The van der Waals surface area contributed by atoms with Crippen molar-refractivity contribution >= 4 is 0 Å². The molecule has 0 spiro atoms. The second-order valence-electron chi connectivity index (χ2n) is 3.53. The van der Waals surface area contributed by atoms with Crippen molar-refractivity contribution in [1.82, 2.24) is 10.4 Å². The zero-order valence-electron chi connectivity index (χ0n) is 8.35. The molecule has 0 aromatic carbocycles. The van der Waals surface area contributed by atoms with Crippen LogP contribution in [0.5, 0.6) is 0 Å². The fourth-order valence-corrected chi connectivity index (χ4v) is 1.01. The van der Waals surface area contributed by atoms with Gasteiger partial charge in [0.25, 0.3) is 0 Å². The predicted octanol–water partition coefficient (Wildman–Crippen LogP) is 1.88. The van der Waals surface area contributed by atoms with Crippen LogP contribution < -0.4 is 5.43 Å². The predicted molar refractivity (Wildman–Crippen MR) is 50.4 cm³/mol. The third-order valence-electron chi connectivity index (χ3n) is 1.91. The monoisotopic (exact) mass is 158 g/mol. The molecule has 0 saturated heterocycles. The number of hydrazine groups is 1. The Morgan fingerprint density at radius 3 is 2.36 bits per heavy atom. The number of hydrogen-bond acceptors (Lipinski definition) is 2. The average molecular weight is 158 g/mol. The molecule has 0 saturated carbocycles. The van der Waals surface area contributed by atoms with Crippen molar-refractivity contribution in [2.75, 3.05) is 20.6 Å². The molecule has 2 heteroatoms. The zero-order valence-corrected chi connectivity index (χ0v) is 8.35. The summed E-state index contributed by atoms with van der Waals surface area (Å²) in [6, 6.07) is 0. The molecule has 0 aliphatic heterocycles. The van der Waals surface area contributed by atoms with Crippen molar-refractivity contribution in [3.8, 4) is 0 Å². The summed E-state index contributed by atoms with van der Waals surface area (Å²) in [6.45, 7) is 5.72. The van der Waals surface area contributed by atoms with Gasteiger partial charge in [-0.3, -0.25) is 5.43 Å². The number of rotatable bonds is 6. The second-order valence-corrected chi connectivity index (χ2v) is 3.53. The van der Waals surface area contributed by atoms with Crippen molar-refractivity contribution in [3.63, 3.8) is 0 Å². The zero-order chi connectivity index (χ0) is 8.69. The van der Waals surface area contributed by atoms with Gasteiger partial charge in [-0.15, -0.1) is 0 Å². The Morgan fingerprint density at radius 1 is 1.27 bits per heavy atom. The summed E-state index contributed by atoms with van der Waals surface area (Å²) < 4.78 is 0. The van der Waals surface area contributed by atoms with Crippen LogP contribution in [0.25, 0.3) is 0 Å². The maximum atomic E-state index is 3.09. The molecule has 0 fully saturated rings. The maximum absolute atomic E-state index is 3.09. The highest BCUT2D eigenvalue weighted by atomic mass is 15.5. The van der Waals surface area contributed by atoms with Gasteiger partial charge in [0.05, 0.1) is 0 Å². The van der Waals surface area contributed by atoms with Crippen molar-refractivity contribution < 1.29 is 0 Å². The van der Waals surface area contributed by atoms with E-state index in [2.05, 4.69) is 31.3 Å². The molecule has 0 radical (unpaired) electrons. The van der Waals surface area contributed by atoms with Crippen LogP contribution in [0.3, 0.4) is 0 Å². The summed E-state index contributed by atoms with van der Waals surface area (Å²) >= 11 is 0. The molecule has 0 atom stereocenters. The quantitative estimate of drug-likeness (QED) is 0.469. The highest BCUT2D eigenvalue weighted by Gasteiger charge is 1.95. The van der Waals surface area contributed by atoms with E-state index < -0.39 is 0 Å².